The number of thioether (sulfide) groups is 1. The van der Waals surface area contributed by atoms with Gasteiger partial charge in [-0.3, -0.25) is 14.3 Å². The number of thiazole rings is 1. The molecule has 5 aromatic rings. The Bertz CT molecular complexity index is 1570. The van der Waals surface area contributed by atoms with Gasteiger partial charge in [-0.25, -0.2) is 4.98 Å². The fraction of sp³-hybridized carbons (Fsp3) is 0.148. The first-order valence-corrected chi connectivity index (χ1v) is 14.3. The summed E-state index contributed by atoms with van der Waals surface area (Å²) in [6, 6.07) is 19.0. The van der Waals surface area contributed by atoms with E-state index in [9.17, 15) is 4.79 Å². The number of carbonyl (C=O) groups is 1. The molecule has 0 unspecified atom stereocenters. The Morgan fingerprint density at radius 2 is 1.92 bits per heavy atom. The first-order chi connectivity index (χ1) is 18.5. The number of aromatic nitrogens is 5. The second kappa shape index (κ2) is 12.1. The van der Waals surface area contributed by atoms with Gasteiger partial charge in [0.15, 0.2) is 11.0 Å². The highest BCUT2D eigenvalue weighted by Crippen LogP contribution is 2.35. The van der Waals surface area contributed by atoms with Crippen molar-refractivity contribution in [2.24, 2.45) is 0 Å². The first kappa shape index (κ1) is 26.4. The zero-order valence-electron chi connectivity index (χ0n) is 20.3. The molecule has 3 aromatic heterocycles. The Balaban J connectivity index is 1.33. The van der Waals surface area contributed by atoms with Crippen molar-refractivity contribution in [2.75, 3.05) is 6.54 Å². The van der Waals surface area contributed by atoms with Gasteiger partial charge in [-0.1, -0.05) is 59.2 Å². The average Bonchev–Trinajstić information content (AvgIpc) is 3.57. The molecule has 0 saturated carbocycles. The largest absolute Gasteiger partial charge is 0.350 e. The van der Waals surface area contributed by atoms with Crippen LogP contribution in [-0.4, -0.2) is 37.2 Å². The molecule has 1 N–H and O–H groups in total. The lowest BCUT2D eigenvalue weighted by Gasteiger charge is -2.14. The third-order valence-corrected chi connectivity index (χ3v) is 8.20. The minimum atomic E-state index is -0.202. The number of rotatable bonds is 9. The minimum Gasteiger partial charge on any atom is -0.350 e. The van der Waals surface area contributed by atoms with Crippen molar-refractivity contribution in [3.8, 4) is 17.1 Å². The van der Waals surface area contributed by atoms with E-state index < -0.39 is 0 Å². The van der Waals surface area contributed by atoms with Crippen molar-refractivity contribution in [1.82, 2.24) is 30.0 Å². The first-order valence-electron chi connectivity index (χ1n) is 11.7. The van der Waals surface area contributed by atoms with Gasteiger partial charge in [0, 0.05) is 40.8 Å². The fourth-order valence-corrected chi connectivity index (χ4v) is 5.89. The zero-order valence-corrected chi connectivity index (χ0v) is 23.4. The van der Waals surface area contributed by atoms with Crippen LogP contribution in [0.1, 0.15) is 26.8 Å². The Kier molecular flexibility index (Phi) is 8.38. The summed E-state index contributed by atoms with van der Waals surface area (Å²) in [5, 5.41) is 16.3. The molecule has 38 heavy (non-hydrogen) atoms. The van der Waals surface area contributed by atoms with Crippen LogP contribution in [0.2, 0.25) is 10.0 Å². The lowest BCUT2D eigenvalue weighted by atomic mass is 10.1. The second-order valence-electron chi connectivity index (χ2n) is 8.29. The van der Waals surface area contributed by atoms with Gasteiger partial charge < -0.3 is 5.32 Å². The molecule has 5 rings (SSSR count). The quantitative estimate of drug-likeness (QED) is 0.196. The molecule has 0 saturated heterocycles. The molecule has 0 aliphatic heterocycles. The maximum atomic E-state index is 12.6. The number of nitrogens with one attached hydrogen (secondary N) is 1. The molecule has 192 valence electrons. The normalized spacial score (nSPS) is 11.0. The van der Waals surface area contributed by atoms with E-state index in [1.54, 1.807) is 11.6 Å². The van der Waals surface area contributed by atoms with Crippen molar-refractivity contribution in [3.63, 3.8) is 0 Å². The van der Waals surface area contributed by atoms with Crippen molar-refractivity contribution in [1.29, 1.82) is 0 Å². The number of benzene rings is 2. The molecule has 0 atom stereocenters. The van der Waals surface area contributed by atoms with Crippen molar-refractivity contribution in [3.05, 3.63) is 104 Å². The molecule has 0 bridgehead atoms. The van der Waals surface area contributed by atoms with E-state index in [1.165, 1.54) is 23.1 Å². The number of carbonyl (C=O) groups excluding carboxylic acids is 1. The standard InChI is InChI=1S/C27H22Cl2N6OS2/c1-17-9-10-18(28)14-23(17)35-25(20-7-2-3-8-21(20)29)33-34-27(35)38-16-24-32-22(15-37-24)26(36)31-13-11-19-6-4-5-12-30-19/h2-10,12,14-15H,11,13,16H2,1H3,(H,31,36). The third-order valence-electron chi connectivity index (χ3n) is 5.66. The lowest BCUT2D eigenvalue weighted by molar-refractivity contribution is 0.0949. The zero-order chi connectivity index (χ0) is 26.5. The molecule has 2 aromatic carbocycles. The third kappa shape index (κ3) is 6.07. The van der Waals surface area contributed by atoms with Crippen LogP contribution in [0.3, 0.4) is 0 Å². The van der Waals surface area contributed by atoms with E-state index in [1.807, 2.05) is 72.2 Å². The van der Waals surface area contributed by atoms with Gasteiger partial charge in [0.2, 0.25) is 0 Å². The van der Waals surface area contributed by atoms with Gasteiger partial charge in [-0.2, -0.15) is 0 Å². The Hall–Kier alpha value is -3.24. The molecule has 0 radical (unpaired) electrons. The molecule has 0 aliphatic carbocycles. The van der Waals surface area contributed by atoms with E-state index in [2.05, 4.69) is 25.5 Å². The highest BCUT2D eigenvalue weighted by atomic mass is 35.5. The number of aryl methyl sites for hydroxylation is 1. The van der Waals surface area contributed by atoms with Crippen LogP contribution in [0, 0.1) is 6.92 Å². The van der Waals surface area contributed by atoms with Crippen LogP contribution in [0.5, 0.6) is 0 Å². The van der Waals surface area contributed by atoms with E-state index in [4.69, 9.17) is 23.2 Å². The maximum absolute atomic E-state index is 12.6. The minimum absolute atomic E-state index is 0.202. The fourth-order valence-electron chi connectivity index (χ4n) is 3.77. The van der Waals surface area contributed by atoms with Crippen LogP contribution in [-0.2, 0) is 12.2 Å². The summed E-state index contributed by atoms with van der Waals surface area (Å²) >= 11 is 15.8. The van der Waals surface area contributed by atoms with Crippen molar-refractivity contribution in [2.45, 2.75) is 24.3 Å². The molecule has 0 spiro atoms. The monoisotopic (exact) mass is 580 g/mol. The van der Waals surface area contributed by atoms with Gasteiger partial charge in [-0.15, -0.1) is 21.5 Å². The number of nitrogens with zero attached hydrogens (tertiary/aromatic N) is 5. The topological polar surface area (TPSA) is 85.6 Å². The predicted octanol–water partition coefficient (Wildman–Crippen LogP) is 6.67. The molecule has 3 heterocycles. The number of hydrogen-bond donors (Lipinski definition) is 1. The van der Waals surface area contributed by atoms with E-state index in [-0.39, 0.29) is 5.91 Å². The van der Waals surface area contributed by atoms with Crippen LogP contribution < -0.4 is 5.32 Å². The van der Waals surface area contributed by atoms with Gasteiger partial charge in [0.1, 0.15) is 10.7 Å². The lowest BCUT2D eigenvalue weighted by Crippen LogP contribution is -2.26. The average molecular weight is 582 g/mol. The highest BCUT2D eigenvalue weighted by molar-refractivity contribution is 7.98. The van der Waals surface area contributed by atoms with Gasteiger partial charge in [-0.05, 0) is 48.9 Å². The molecule has 0 fully saturated rings. The van der Waals surface area contributed by atoms with Gasteiger partial charge in [0.05, 0.1) is 16.5 Å². The van der Waals surface area contributed by atoms with E-state index >= 15 is 0 Å². The molecular formula is C27H22Cl2N6OS2. The maximum Gasteiger partial charge on any atom is 0.270 e. The van der Waals surface area contributed by atoms with Crippen LogP contribution in [0.25, 0.3) is 17.1 Å². The summed E-state index contributed by atoms with van der Waals surface area (Å²) in [6.45, 7) is 2.50. The van der Waals surface area contributed by atoms with Crippen molar-refractivity contribution < 1.29 is 4.79 Å². The smallest absolute Gasteiger partial charge is 0.270 e. The Morgan fingerprint density at radius 1 is 1.08 bits per heavy atom. The summed E-state index contributed by atoms with van der Waals surface area (Å²) in [6.07, 6.45) is 2.40. The summed E-state index contributed by atoms with van der Waals surface area (Å²) < 4.78 is 1.96. The highest BCUT2D eigenvalue weighted by Gasteiger charge is 2.20. The molecule has 7 nitrogen and oxygen atoms in total. The number of amides is 1. The predicted molar refractivity (Wildman–Crippen MR) is 154 cm³/mol. The summed E-state index contributed by atoms with van der Waals surface area (Å²) in [4.78, 5) is 21.4. The number of pyridine rings is 1. The van der Waals surface area contributed by atoms with Crippen LogP contribution in [0.15, 0.2) is 77.4 Å². The molecule has 0 aliphatic rings. The summed E-state index contributed by atoms with van der Waals surface area (Å²) in [5.41, 5.74) is 3.98. The van der Waals surface area contributed by atoms with Gasteiger partial charge in [0.25, 0.3) is 5.91 Å². The van der Waals surface area contributed by atoms with E-state index in [0.29, 0.717) is 45.4 Å². The molecule has 1 amide bonds. The summed E-state index contributed by atoms with van der Waals surface area (Å²) in [7, 11) is 0. The van der Waals surface area contributed by atoms with Gasteiger partial charge >= 0.3 is 0 Å². The molecular weight excluding hydrogens is 559 g/mol. The SMILES string of the molecule is Cc1ccc(Cl)cc1-n1c(SCc2nc(C(=O)NCCc3ccccn3)cs2)nnc1-c1ccccc1Cl. The van der Waals surface area contributed by atoms with Crippen molar-refractivity contribution >= 4 is 52.2 Å². The molecule has 11 heteroatoms. The number of halogens is 2. The summed E-state index contributed by atoms with van der Waals surface area (Å²) in [5.74, 6) is 0.939. The van der Waals surface area contributed by atoms with Crippen LogP contribution >= 0.6 is 46.3 Å². The van der Waals surface area contributed by atoms with E-state index in [0.717, 1.165) is 27.5 Å². The van der Waals surface area contributed by atoms with Crippen LogP contribution in [0.4, 0.5) is 0 Å². The Labute approximate surface area is 238 Å². The second-order valence-corrected chi connectivity index (χ2v) is 11.0. The Morgan fingerprint density at radius 3 is 2.74 bits per heavy atom. The number of hydrogen-bond acceptors (Lipinski definition) is 7.